The predicted octanol–water partition coefficient (Wildman–Crippen LogP) is -0.500. The second-order valence-electron chi connectivity index (χ2n) is 19.5. The Morgan fingerprint density at radius 2 is 1.34 bits per heavy atom. The average Bonchev–Trinajstić information content (AvgIpc) is 4.03. The van der Waals surface area contributed by atoms with Crippen molar-refractivity contribution in [3.63, 3.8) is 0 Å². The number of hydrogen-bond acceptors (Lipinski definition) is 13. The molecule has 0 saturated heterocycles. The summed E-state index contributed by atoms with van der Waals surface area (Å²) in [5.74, 6) is -13.9. The number of nitrogens with zero attached hydrogens (tertiary/aromatic N) is 3. The molecule has 10 amide bonds. The predicted molar refractivity (Wildman–Crippen MR) is 274 cm³/mol. The maximum absolute atomic E-state index is 15.4. The Bertz CT molecular complexity index is 2820. The van der Waals surface area contributed by atoms with Gasteiger partial charge in [0.15, 0.2) is 0 Å². The Morgan fingerprint density at radius 3 is 1.94 bits per heavy atom. The lowest BCUT2D eigenvalue weighted by Crippen LogP contribution is -2.58. The normalized spacial score (nSPS) is 14.4. The highest BCUT2D eigenvalue weighted by Crippen LogP contribution is 2.41. The van der Waals surface area contributed by atoms with Gasteiger partial charge in [-0.15, -0.1) is 0 Å². The van der Waals surface area contributed by atoms with Crippen molar-refractivity contribution in [2.24, 2.45) is 11.1 Å². The van der Waals surface area contributed by atoms with Crippen LogP contribution in [0.25, 0.3) is 11.1 Å². The van der Waals surface area contributed by atoms with Gasteiger partial charge in [-0.05, 0) is 61.9 Å². The number of benzene rings is 2. The standard InChI is InChI=1S/C52H64F2N10O15/c1-28(57-41(68)26-64-42(69)14-15-43(64)70)47(74)58-29(2)48(75)61-37(23-39(55)66)50(77)60-35(49(76)56-19-17-40(67)59-36(51(78)79)13-16-45(72)73)18-20-63(44(71)27-65)46(52(3,4)5)38-21-31(33-22-32(53)11-12-34(33)54)25-62(38)24-30-9-7-6-8-10-30/h6-12,14-15,21-22,25,28-29,35-37,46,65H,13,16-20,23-24,26-27H2,1-5H3,(H2,55,66)(H,56,76)(H,57,68)(H,58,74)(H,59,67)(H,60,77)(H,61,75)(H,72,73)(H,78,79)/t28-,29-,35-,36-,37-,46-/m0/s1. The molecule has 6 atom stereocenters. The van der Waals surface area contributed by atoms with Gasteiger partial charge in [0.1, 0.15) is 55.0 Å². The zero-order valence-electron chi connectivity index (χ0n) is 43.9. The third-order valence-electron chi connectivity index (χ3n) is 12.2. The molecule has 3 aromatic rings. The first kappa shape index (κ1) is 62.7. The van der Waals surface area contributed by atoms with Gasteiger partial charge in [-0.25, -0.2) is 13.6 Å². The second-order valence-corrected chi connectivity index (χ2v) is 19.5. The number of imide groups is 1. The first-order valence-corrected chi connectivity index (χ1v) is 24.7. The van der Waals surface area contributed by atoms with Crippen LogP contribution in [0.3, 0.4) is 0 Å². The van der Waals surface area contributed by atoms with Gasteiger partial charge in [-0.1, -0.05) is 51.1 Å². The van der Waals surface area contributed by atoms with Crippen molar-refractivity contribution >= 4 is 71.0 Å². The molecule has 27 heteroatoms. The first-order valence-electron chi connectivity index (χ1n) is 24.7. The molecule has 1 aliphatic heterocycles. The van der Waals surface area contributed by atoms with Gasteiger partial charge < -0.3 is 62.4 Å². The van der Waals surface area contributed by atoms with Gasteiger partial charge in [-0.3, -0.25) is 57.6 Å². The number of aliphatic carboxylic acids is 2. The van der Waals surface area contributed by atoms with Crippen LogP contribution in [-0.4, -0.2) is 157 Å². The van der Waals surface area contributed by atoms with Crippen LogP contribution in [0.5, 0.6) is 0 Å². The van der Waals surface area contributed by atoms with Gasteiger partial charge in [0.05, 0.1) is 12.5 Å². The number of aromatic nitrogens is 1. The molecule has 2 aromatic carbocycles. The van der Waals surface area contributed by atoms with E-state index in [1.165, 1.54) is 18.7 Å². The minimum atomic E-state index is -1.86. The molecule has 0 spiro atoms. The maximum Gasteiger partial charge on any atom is 0.326 e. The highest BCUT2D eigenvalue weighted by atomic mass is 19.1. The third kappa shape index (κ3) is 18.7. The van der Waals surface area contributed by atoms with Crippen LogP contribution in [0.15, 0.2) is 72.9 Å². The molecular weight excluding hydrogens is 1040 g/mol. The number of primary amides is 1. The highest BCUT2D eigenvalue weighted by Gasteiger charge is 2.39. The van der Waals surface area contributed by atoms with Gasteiger partial charge in [-0.2, -0.15) is 0 Å². The summed E-state index contributed by atoms with van der Waals surface area (Å²) in [6.45, 7) is 5.05. The first-order chi connectivity index (χ1) is 37.1. The van der Waals surface area contributed by atoms with E-state index in [4.69, 9.17) is 10.8 Å². The van der Waals surface area contributed by atoms with E-state index >= 15 is 4.39 Å². The van der Waals surface area contributed by atoms with Gasteiger partial charge >= 0.3 is 11.9 Å². The average molecular weight is 1110 g/mol. The largest absolute Gasteiger partial charge is 0.481 e. The quantitative estimate of drug-likeness (QED) is 0.0392. The number of carboxylic acids is 2. The molecule has 2 heterocycles. The number of carbonyl (C=O) groups is 12. The Balaban J connectivity index is 1.66. The highest BCUT2D eigenvalue weighted by molar-refractivity contribution is 6.14. The molecule has 1 aliphatic rings. The molecule has 1 aromatic heterocycles. The van der Waals surface area contributed by atoms with Crippen LogP contribution in [0.1, 0.15) is 84.0 Å². The lowest BCUT2D eigenvalue weighted by molar-refractivity contribution is -0.143. The van der Waals surface area contributed by atoms with E-state index in [-0.39, 0.29) is 17.7 Å². The molecular formula is C52H64F2N10O15. The summed E-state index contributed by atoms with van der Waals surface area (Å²) in [5, 5.41) is 42.9. The summed E-state index contributed by atoms with van der Waals surface area (Å²) >= 11 is 0. The summed E-state index contributed by atoms with van der Waals surface area (Å²) in [5.41, 5.74) is 5.76. The van der Waals surface area contributed by atoms with Crippen LogP contribution < -0.4 is 37.6 Å². The van der Waals surface area contributed by atoms with E-state index in [1.807, 2.05) is 12.1 Å². The van der Waals surface area contributed by atoms with E-state index < -0.39 is 183 Å². The number of nitrogens with two attached hydrogens (primary N) is 1. The van der Waals surface area contributed by atoms with Crippen LogP contribution >= 0.6 is 0 Å². The molecule has 0 radical (unpaired) electrons. The summed E-state index contributed by atoms with van der Waals surface area (Å²) in [4.78, 5) is 155. The lowest BCUT2D eigenvalue weighted by atomic mass is 9.82. The zero-order valence-corrected chi connectivity index (χ0v) is 43.9. The lowest BCUT2D eigenvalue weighted by Gasteiger charge is -2.41. The molecule has 0 saturated carbocycles. The van der Waals surface area contributed by atoms with E-state index in [2.05, 4.69) is 31.9 Å². The SMILES string of the molecule is C[C@H](NC(=O)CN1C(=O)C=CC1=O)C(=O)N[C@@H](C)C(=O)N[C@@H](CC(N)=O)C(=O)N[C@@H](CCN(C(=O)CO)[C@@H](c1cc(-c2cc(F)ccc2F)cn1Cc1ccccc1)C(C)(C)C)C(=O)NCCC(=O)N[C@@H](CCC(=O)O)C(=O)O. The van der Waals surface area contributed by atoms with Crippen LogP contribution in [-0.2, 0) is 64.1 Å². The number of nitrogens with one attached hydrogen (secondary N) is 6. The molecule has 0 aliphatic carbocycles. The molecule has 11 N–H and O–H groups in total. The van der Waals surface area contributed by atoms with Crippen LogP contribution in [0.2, 0.25) is 0 Å². The monoisotopic (exact) mass is 1110 g/mol. The Morgan fingerprint density at radius 1 is 0.722 bits per heavy atom. The van der Waals surface area contributed by atoms with Crippen molar-refractivity contribution in [2.75, 3.05) is 26.2 Å². The number of amides is 10. The molecule has 0 bridgehead atoms. The third-order valence-corrected chi connectivity index (χ3v) is 12.2. The molecule has 79 heavy (non-hydrogen) atoms. The summed E-state index contributed by atoms with van der Waals surface area (Å²) in [7, 11) is 0. The summed E-state index contributed by atoms with van der Waals surface area (Å²) in [6.07, 6.45) is 0.458. The van der Waals surface area contributed by atoms with Gasteiger partial charge in [0.25, 0.3) is 11.8 Å². The van der Waals surface area contributed by atoms with E-state index in [0.717, 1.165) is 35.9 Å². The van der Waals surface area contributed by atoms with E-state index in [1.54, 1.807) is 55.8 Å². The van der Waals surface area contributed by atoms with Crippen molar-refractivity contribution in [2.45, 2.75) is 110 Å². The van der Waals surface area contributed by atoms with E-state index in [9.17, 15) is 72.1 Å². The van der Waals surface area contributed by atoms with Gasteiger partial charge in [0.2, 0.25) is 47.3 Å². The maximum atomic E-state index is 15.4. The van der Waals surface area contributed by atoms with Gasteiger partial charge in [0, 0.05) is 67.6 Å². The fourth-order valence-electron chi connectivity index (χ4n) is 8.32. The topological polar surface area (TPSA) is 375 Å². The second kappa shape index (κ2) is 28.5. The zero-order chi connectivity index (χ0) is 58.9. The number of rotatable bonds is 29. The number of aliphatic hydroxyl groups excluding tert-OH is 1. The van der Waals surface area contributed by atoms with Crippen molar-refractivity contribution < 1.29 is 81.6 Å². The molecule has 25 nitrogen and oxygen atoms in total. The number of carboxylic acid groups (broad SMARTS) is 2. The fraction of sp³-hybridized carbons (Fsp3) is 0.423. The Labute approximate surface area is 451 Å². The number of halogens is 2. The number of aliphatic hydroxyl groups is 1. The fourth-order valence-corrected chi connectivity index (χ4v) is 8.32. The minimum absolute atomic E-state index is 0.106. The Hall–Kier alpha value is -8.88. The number of hydrogen-bond donors (Lipinski definition) is 10. The number of carbonyl (C=O) groups excluding carboxylic acids is 10. The van der Waals surface area contributed by atoms with Crippen molar-refractivity contribution in [3.8, 4) is 11.1 Å². The van der Waals surface area contributed by atoms with Crippen LogP contribution in [0.4, 0.5) is 8.78 Å². The van der Waals surface area contributed by atoms with Crippen molar-refractivity contribution in [1.82, 2.24) is 46.3 Å². The molecule has 0 fully saturated rings. The van der Waals surface area contributed by atoms with Crippen molar-refractivity contribution in [1.29, 1.82) is 0 Å². The molecule has 4 rings (SSSR count). The molecule has 426 valence electrons. The smallest absolute Gasteiger partial charge is 0.326 e. The minimum Gasteiger partial charge on any atom is -0.481 e. The van der Waals surface area contributed by atoms with Crippen LogP contribution in [0, 0.1) is 17.0 Å². The summed E-state index contributed by atoms with van der Waals surface area (Å²) in [6, 6.07) is 4.40. The van der Waals surface area contributed by atoms with E-state index in [0.29, 0.717) is 10.6 Å². The Kier molecular flexibility index (Phi) is 22.6. The molecule has 0 unspecified atom stereocenters. The summed E-state index contributed by atoms with van der Waals surface area (Å²) < 4.78 is 31.7. The van der Waals surface area contributed by atoms with Crippen molar-refractivity contribution in [3.05, 3.63) is 95.8 Å².